The first-order valence-electron chi connectivity index (χ1n) is 9.07. The molecule has 150 valence electrons. The Hall–Kier alpha value is -1.15. The molecule has 5 nitrogen and oxygen atoms in total. The fourth-order valence-electron chi connectivity index (χ4n) is 3.59. The highest BCUT2D eigenvalue weighted by Crippen LogP contribution is 2.32. The van der Waals surface area contributed by atoms with Crippen LogP contribution in [0.25, 0.3) is 6.08 Å². The molecule has 2 rings (SSSR count). The Morgan fingerprint density at radius 3 is 2.70 bits per heavy atom. The minimum Gasteiger partial charge on any atom is -0.507 e. The summed E-state index contributed by atoms with van der Waals surface area (Å²) in [5.74, 6) is 0.0851. The topological polar surface area (TPSA) is 94.8 Å². The number of halogens is 1. The van der Waals surface area contributed by atoms with E-state index in [1.54, 1.807) is 19.1 Å². The first-order chi connectivity index (χ1) is 12.7. The first kappa shape index (κ1) is 22.1. The van der Waals surface area contributed by atoms with Crippen molar-refractivity contribution in [2.24, 2.45) is 0 Å². The van der Waals surface area contributed by atoms with Gasteiger partial charge in [-0.05, 0) is 50.0 Å². The molecule has 1 aromatic rings. The predicted molar refractivity (Wildman–Crippen MR) is 111 cm³/mol. The maximum Gasteiger partial charge on any atom is 0.163 e. The molecule has 0 fully saturated rings. The molecule has 7 heteroatoms. The largest absolute Gasteiger partial charge is 0.507 e. The van der Waals surface area contributed by atoms with Gasteiger partial charge >= 0.3 is 0 Å². The second-order valence-electron chi connectivity index (χ2n) is 7.02. The summed E-state index contributed by atoms with van der Waals surface area (Å²) in [4.78, 5) is 0. The number of sulfone groups is 1. The Bertz CT molecular complexity index is 842. The number of allylic oxidation sites excluding steroid dienone is 1. The van der Waals surface area contributed by atoms with E-state index in [0.717, 1.165) is 22.9 Å². The van der Waals surface area contributed by atoms with Crippen molar-refractivity contribution in [3.63, 3.8) is 0 Å². The highest BCUT2D eigenvalue weighted by molar-refractivity contribution is 9.10. The molecule has 0 amide bonds. The minimum absolute atomic E-state index is 0.103. The monoisotopic (exact) mass is 458 g/mol. The number of aromatic hydroxyl groups is 1. The first-order valence-corrected chi connectivity index (χ1v) is 11.6. The van der Waals surface area contributed by atoms with Crippen LogP contribution in [-0.2, 0) is 9.84 Å². The van der Waals surface area contributed by atoms with Crippen LogP contribution in [0.4, 0.5) is 0 Å². The summed E-state index contributed by atoms with van der Waals surface area (Å²) in [6.45, 7) is 3.26. The van der Waals surface area contributed by atoms with Gasteiger partial charge in [0.2, 0.25) is 0 Å². The standard InChI is InChI=1S/C20H27BrO5S/c1-3-4-14(9-15-10-16(21)6-8-17(15)23)5-7-18(24)20-13(2)12-27(25,26)19(20)11-22/h6,8-10,18-19,22-24H,3-5,7,11-12H2,1-2H3/b14-9+/t18-,19+/m1/s1. The Balaban J connectivity index is 2.17. The van der Waals surface area contributed by atoms with Crippen LogP contribution in [0.15, 0.2) is 39.4 Å². The van der Waals surface area contributed by atoms with Crippen molar-refractivity contribution in [1.82, 2.24) is 0 Å². The van der Waals surface area contributed by atoms with Crippen LogP contribution in [0.5, 0.6) is 5.75 Å². The molecule has 0 radical (unpaired) electrons. The molecule has 1 aliphatic heterocycles. The van der Waals surface area contributed by atoms with Crippen LogP contribution in [0.1, 0.15) is 45.1 Å². The third-order valence-electron chi connectivity index (χ3n) is 4.87. The van der Waals surface area contributed by atoms with Crippen molar-refractivity contribution in [1.29, 1.82) is 0 Å². The number of rotatable bonds is 8. The average molecular weight is 459 g/mol. The highest BCUT2D eigenvalue weighted by atomic mass is 79.9. The molecule has 2 atom stereocenters. The summed E-state index contributed by atoms with van der Waals surface area (Å²) in [6, 6.07) is 5.22. The average Bonchev–Trinajstić information content (AvgIpc) is 2.83. The summed E-state index contributed by atoms with van der Waals surface area (Å²) < 4.78 is 25.1. The quantitative estimate of drug-likeness (QED) is 0.517. The van der Waals surface area contributed by atoms with E-state index in [-0.39, 0.29) is 11.5 Å². The van der Waals surface area contributed by atoms with E-state index in [1.165, 1.54) is 0 Å². The number of benzene rings is 1. The van der Waals surface area contributed by atoms with Crippen molar-refractivity contribution in [3.8, 4) is 5.75 Å². The summed E-state index contributed by atoms with van der Waals surface area (Å²) in [6.07, 6.45) is 3.71. The lowest BCUT2D eigenvalue weighted by atomic mass is 9.94. The van der Waals surface area contributed by atoms with Gasteiger partial charge < -0.3 is 15.3 Å². The van der Waals surface area contributed by atoms with Gasteiger partial charge in [0.05, 0.1) is 18.5 Å². The summed E-state index contributed by atoms with van der Waals surface area (Å²) >= 11 is 3.40. The van der Waals surface area contributed by atoms with E-state index < -0.39 is 27.8 Å². The molecule has 1 heterocycles. The maximum atomic E-state index is 12.1. The molecule has 0 spiro atoms. The van der Waals surface area contributed by atoms with E-state index in [2.05, 4.69) is 22.9 Å². The molecule has 1 aliphatic rings. The van der Waals surface area contributed by atoms with Crippen LogP contribution in [0, 0.1) is 0 Å². The highest BCUT2D eigenvalue weighted by Gasteiger charge is 2.39. The van der Waals surface area contributed by atoms with Crippen LogP contribution in [0.2, 0.25) is 0 Å². The molecule has 0 aliphatic carbocycles. The summed E-state index contributed by atoms with van der Waals surface area (Å²) in [7, 11) is -3.43. The fraction of sp³-hybridized carbons (Fsp3) is 0.500. The normalized spacial score (nSPS) is 20.9. The predicted octanol–water partition coefficient (Wildman–Crippen LogP) is 3.59. The van der Waals surface area contributed by atoms with Gasteiger partial charge in [0.1, 0.15) is 11.0 Å². The van der Waals surface area contributed by atoms with Gasteiger partial charge in [-0.15, -0.1) is 0 Å². The zero-order valence-corrected chi connectivity index (χ0v) is 18.1. The molecule has 27 heavy (non-hydrogen) atoms. The van der Waals surface area contributed by atoms with Gasteiger partial charge in [-0.25, -0.2) is 8.42 Å². The molecule has 1 aromatic carbocycles. The lowest BCUT2D eigenvalue weighted by Gasteiger charge is -2.19. The summed E-state index contributed by atoms with van der Waals surface area (Å²) in [5.41, 5.74) is 2.85. The molecule has 0 unspecified atom stereocenters. The Morgan fingerprint density at radius 2 is 2.07 bits per heavy atom. The van der Waals surface area contributed by atoms with Gasteiger partial charge in [0.25, 0.3) is 0 Å². The number of hydrogen-bond acceptors (Lipinski definition) is 5. The number of phenolic OH excluding ortho intramolecular Hbond substituents is 1. The third-order valence-corrected chi connectivity index (χ3v) is 7.47. The van der Waals surface area contributed by atoms with E-state index >= 15 is 0 Å². The number of hydrogen-bond donors (Lipinski definition) is 3. The lowest BCUT2D eigenvalue weighted by molar-refractivity contribution is 0.188. The zero-order chi connectivity index (χ0) is 20.2. The smallest absolute Gasteiger partial charge is 0.163 e. The zero-order valence-electron chi connectivity index (χ0n) is 15.7. The van der Waals surface area contributed by atoms with E-state index in [0.29, 0.717) is 29.6 Å². The van der Waals surface area contributed by atoms with Gasteiger partial charge in [0, 0.05) is 10.0 Å². The van der Waals surface area contributed by atoms with Crippen LogP contribution < -0.4 is 0 Å². The second kappa shape index (κ2) is 9.37. The van der Waals surface area contributed by atoms with Crippen molar-refractivity contribution in [3.05, 3.63) is 45.0 Å². The number of phenols is 1. The van der Waals surface area contributed by atoms with Crippen molar-refractivity contribution >= 4 is 31.8 Å². The van der Waals surface area contributed by atoms with Crippen molar-refractivity contribution in [2.45, 2.75) is 50.9 Å². The lowest BCUT2D eigenvalue weighted by Crippen LogP contribution is -2.29. The van der Waals surface area contributed by atoms with Gasteiger partial charge in [-0.1, -0.05) is 46.5 Å². The molecule has 0 aromatic heterocycles. The van der Waals surface area contributed by atoms with Crippen LogP contribution in [0.3, 0.4) is 0 Å². The van der Waals surface area contributed by atoms with Crippen LogP contribution in [-0.4, -0.2) is 47.5 Å². The number of aliphatic hydroxyl groups is 2. The van der Waals surface area contributed by atoms with E-state index in [4.69, 9.17) is 0 Å². The van der Waals surface area contributed by atoms with Crippen LogP contribution >= 0.6 is 15.9 Å². The molecule has 3 N–H and O–H groups in total. The molecule has 0 saturated heterocycles. The second-order valence-corrected chi connectivity index (χ2v) is 10.1. The fourth-order valence-corrected chi connectivity index (χ4v) is 5.92. The Kier molecular flexibility index (Phi) is 7.68. The number of aliphatic hydroxyl groups excluding tert-OH is 2. The van der Waals surface area contributed by atoms with Gasteiger partial charge in [-0.2, -0.15) is 0 Å². The van der Waals surface area contributed by atoms with Gasteiger partial charge in [-0.3, -0.25) is 0 Å². The minimum atomic E-state index is -3.43. The molecule has 0 bridgehead atoms. The van der Waals surface area contributed by atoms with Gasteiger partial charge in [0.15, 0.2) is 9.84 Å². The van der Waals surface area contributed by atoms with Crippen molar-refractivity contribution < 1.29 is 23.7 Å². The molecular weight excluding hydrogens is 432 g/mol. The third kappa shape index (κ3) is 5.44. The van der Waals surface area contributed by atoms with Crippen molar-refractivity contribution in [2.75, 3.05) is 12.4 Å². The molecule has 0 saturated carbocycles. The SMILES string of the molecule is CCC/C(=C\c1cc(Br)ccc1O)CC[C@@H](O)C1=C(C)CS(=O)(=O)[C@H]1CO. The Morgan fingerprint density at radius 1 is 1.37 bits per heavy atom. The molecular formula is C20H27BrO5S. The summed E-state index contributed by atoms with van der Waals surface area (Å²) in [5, 5.41) is 29.1. The van der Waals surface area contributed by atoms with E-state index in [9.17, 15) is 23.7 Å². The Labute approximate surface area is 169 Å². The maximum absolute atomic E-state index is 12.1. The van der Waals surface area contributed by atoms with E-state index in [1.807, 2.05) is 12.1 Å².